The number of Topliss-reactive ketones (excluding diaryl/α,β-unsaturated/α-hetero) is 1. The number of ketones is 1. The van der Waals surface area contributed by atoms with E-state index in [1.54, 1.807) is 12.3 Å². The molecule has 2 aromatic rings. The number of aromatic nitrogens is 1. The average molecular weight is 416 g/mol. The quantitative estimate of drug-likeness (QED) is 0.693. The van der Waals surface area contributed by atoms with E-state index in [1.807, 2.05) is 24.3 Å². The smallest absolute Gasteiger partial charge is 0.141 e. The van der Waals surface area contributed by atoms with Crippen LogP contribution in [0.1, 0.15) is 49.4 Å². The van der Waals surface area contributed by atoms with Crippen molar-refractivity contribution < 1.29 is 9.53 Å². The number of carbonyl (C=O) groups is 1. The van der Waals surface area contributed by atoms with Gasteiger partial charge in [-0.25, -0.2) is 4.98 Å². The van der Waals surface area contributed by atoms with Crippen LogP contribution < -0.4 is 5.32 Å². The summed E-state index contributed by atoms with van der Waals surface area (Å²) in [6.07, 6.45) is 4.92. The predicted octanol–water partition coefficient (Wildman–Crippen LogP) is 5.22. The van der Waals surface area contributed by atoms with E-state index in [2.05, 4.69) is 36.8 Å². The van der Waals surface area contributed by atoms with Gasteiger partial charge in [0.2, 0.25) is 0 Å². The summed E-state index contributed by atoms with van der Waals surface area (Å²) in [5, 5.41) is 12.4. The lowest BCUT2D eigenvalue weighted by Gasteiger charge is -2.42. The van der Waals surface area contributed by atoms with Crippen LogP contribution in [0.5, 0.6) is 0 Å². The number of allylic oxidation sites excluding steroid dienone is 1. The molecule has 0 amide bonds. The Balaban J connectivity index is 1.57. The van der Waals surface area contributed by atoms with Crippen molar-refractivity contribution in [2.24, 2.45) is 11.8 Å². The lowest BCUT2D eigenvalue weighted by molar-refractivity contribution is -0.127. The minimum Gasteiger partial charge on any atom is -0.381 e. The third-order valence-corrected chi connectivity index (χ3v) is 6.85. The summed E-state index contributed by atoms with van der Waals surface area (Å²) in [5.41, 5.74) is 5.31. The molecule has 2 aliphatic rings. The predicted molar refractivity (Wildman–Crippen MR) is 121 cm³/mol. The largest absolute Gasteiger partial charge is 0.381 e. The Morgan fingerprint density at radius 3 is 2.65 bits per heavy atom. The fraction of sp³-hybridized carbons (Fsp3) is 0.423. The van der Waals surface area contributed by atoms with Crippen LogP contribution in [0, 0.1) is 30.1 Å². The van der Waals surface area contributed by atoms with Crippen LogP contribution in [0.2, 0.25) is 0 Å². The van der Waals surface area contributed by atoms with Gasteiger partial charge in [0, 0.05) is 36.7 Å². The monoisotopic (exact) mass is 415 g/mol. The Morgan fingerprint density at radius 1 is 1.23 bits per heavy atom. The van der Waals surface area contributed by atoms with Crippen LogP contribution in [-0.4, -0.2) is 24.0 Å². The van der Waals surface area contributed by atoms with Gasteiger partial charge >= 0.3 is 0 Å². The second kappa shape index (κ2) is 8.64. The van der Waals surface area contributed by atoms with E-state index in [9.17, 15) is 4.79 Å². The molecule has 1 saturated carbocycles. The van der Waals surface area contributed by atoms with Gasteiger partial charge in [-0.3, -0.25) is 4.79 Å². The maximum atomic E-state index is 13.3. The first-order valence-electron chi connectivity index (χ1n) is 10.9. The van der Waals surface area contributed by atoms with Crippen molar-refractivity contribution in [3.8, 4) is 6.07 Å². The van der Waals surface area contributed by atoms with Crippen LogP contribution in [0.15, 0.2) is 48.7 Å². The summed E-state index contributed by atoms with van der Waals surface area (Å²) < 4.78 is 5.49. The Bertz CT molecular complexity index is 1010. The second-order valence-corrected chi connectivity index (χ2v) is 9.11. The molecule has 2 fully saturated rings. The summed E-state index contributed by atoms with van der Waals surface area (Å²) in [5.74, 6) is 0.666. The van der Waals surface area contributed by atoms with Gasteiger partial charge in [-0.1, -0.05) is 31.2 Å². The van der Waals surface area contributed by atoms with Crippen LogP contribution in [0.3, 0.4) is 0 Å². The number of ether oxygens (including phenoxy) is 1. The Kier molecular flexibility index (Phi) is 5.93. The van der Waals surface area contributed by atoms with Gasteiger partial charge in [0.05, 0.1) is 11.9 Å². The summed E-state index contributed by atoms with van der Waals surface area (Å²) in [6, 6.07) is 11.8. The van der Waals surface area contributed by atoms with Crippen molar-refractivity contribution in [2.45, 2.75) is 44.9 Å². The number of carbonyl (C=O) groups excluding carboxylic acids is 1. The molecule has 31 heavy (non-hydrogen) atoms. The van der Waals surface area contributed by atoms with Gasteiger partial charge in [-0.15, -0.1) is 0 Å². The number of nitrogens with one attached hydrogen (secondary N) is 1. The zero-order valence-corrected chi connectivity index (χ0v) is 18.3. The second-order valence-electron chi connectivity index (χ2n) is 9.11. The molecular formula is C26H29N3O2. The minimum absolute atomic E-state index is 0.0247. The summed E-state index contributed by atoms with van der Waals surface area (Å²) in [6.45, 7) is 10.1. The number of hydrogen-bond acceptors (Lipinski definition) is 5. The maximum absolute atomic E-state index is 13.3. The van der Waals surface area contributed by atoms with E-state index in [0.717, 1.165) is 55.0 Å². The zero-order chi connectivity index (χ0) is 22.0. The fourth-order valence-electron chi connectivity index (χ4n) is 5.35. The highest BCUT2D eigenvalue weighted by atomic mass is 16.5. The number of rotatable bonds is 4. The van der Waals surface area contributed by atoms with E-state index in [4.69, 9.17) is 10.00 Å². The third kappa shape index (κ3) is 4.26. The molecule has 5 nitrogen and oxygen atoms in total. The van der Waals surface area contributed by atoms with Crippen molar-refractivity contribution >= 4 is 17.2 Å². The normalized spacial score (nSPS) is 24.6. The molecule has 0 spiro atoms. The average Bonchev–Trinajstić information content (AvgIpc) is 2.76. The van der Waals surface area contributed by atoms with Crippen molar-refractivity contribution in [2.75, 3.05) is 18.5 Å². The van der Waals surface area contributed by atoms with Crippen molar-refractivity contribution in [1.29, 1.82) is 5.26 Å². The Hall–Kier alpha value is -2.97. The van der Waals surface area contributed by atoms with Crippen LogP contribution in [-0.2, 0) is 14.9 Å². The third-order valence-electron chi connectivity index (χ3n) is 6.85. The summed E-state index contributed by atoms with van der Waals surface area (Å²) in [4.78, 5) is 17.4. The van der Waals surface area contributed by atoms with E-state index < -0.39 is 0 Å². The molecule has 1 N–H and O–H groups in total. The molecule has 0 bridgehead atoms. The molecule has 1 aliphatic heterocycles. The van der Waals surface area contributed by atoms with Crippen molar-refractivity contribution in [3.05, 3.63) is 65.5 Å². The molecular weight excluding hydrogens is 386 g/mol. The van der Waals surface area contributed by atoms with Crippen molar-refractivity contribution in [1.82, 2.24) is 4.98 Å². The number of nitriles is 1. The van der Waals surface area contributed by atoms with Crippen LogP contribution >= 0.6 is 0 Å². The van der Waals surface area contributed by atoms with Gasteiger partial charge in [0.25, 0.3) is 0 Å². The summed E-state index contributed by atoms with van der Waals surface area (Å²) in [7, 11) is 0. The summed E-state index contributed by atoms with van der Waals surface area (Å²) >= 11 is 0. The zero-order valence-electron chi connectivity index (χ0n) is 18.3. The molecule has 1 saturated heterocycles. The number of hydrogen-bond donors (Lipinski definition) is 1. The highest BCUT2D eigenvalue weighted by Crippen LogP contribution is 2.47. The first-order chi connectivity index (χ1) is 14.9. The molecule has 1 aromatic carbocycles. The molecule has 1 aliphatic carbocycles. The standard InChI is InChI=1S/C26H29N3O2/c1-17-13-26(3,14-24(30)25(17)19-9-11-31-12-10-19)22-5-4-6-23(18(22)2)29-21-8-7-20(15-27)28-16-21/h4-8,16,19,25,29H,1,9-14H2,2-3H3/t25?,26-/m0/s1. The van der Waals surface area contributed by atoms with Gasteiger partial charge in [0.1, 0.15) is 17.5 Å². The first-order valence-corrected chi connectivity index (χ1v) is 10.9. The molecule has 2 atom stereocenters. The molecule has 1 aromatic heterocycles. The van der Waals surface area contributed by atoms with Gasteiger partial charge in [-0.2, -0.15) is 5.26 Å². The molecule has 5 heteroatoms. The lowest BCUT2D eigenvalue weighted by Crippen LogP contribution is -2.41. The number of pyridine rings is 1. The van der Waals surface area contributed by atoms with Crippen LogP contribution in [0.4, 0.5) is 11.4 Å². The van der Waals surface area contributed by atoms with E-state index in [1.165, 1.54) is 5.56 Å². The van der Waals surface area contributed by atoms with Crippen molar-refractivity contribution in [3.63, 3.8) is 0 Å². The van der Waals surface area contributed by atoms with Gasteiger partial charge in [-0.05, 0) is 61.4 Å². The van der Waals surface area contributed by atoms with E-state index in [0.29, 0.717) is 23.8 Å². The fourth-order valence-corrected chi connectivity index (χ4v) is 5.35. The minimum atomic E-state index is -0.263. The molecule has 160 valence electrons. The van der Waals surface area contributed by atoms with E-state index >= 15 is 0 Å². The molecule has 1 unspecified atom stereocenters. The molecule has 0 radical (unpaired) electrons. The topological polar surface area (TPSA) is 75.0 Å². The Morgan fingerprint density at radius 2 is 2.00 bits per heavy atom. The lowest BCUT2D eigenvalue weighted by atomic mass is 9.61. The number of anilines is 2. The van der Waals surface area contributed by atoms with Gasteiger partial charge < -0.3 is 10.1 Å². The van der Waals surface area contributed by atoms with Gasteiger partial charge in [0.15, 0.2) is 0 Å². The number of nitrogens with zero attached hydrogens (tertiary/aromatic N) is 2. The van der Waals surface area contributed by atoms with E-state index in [-0.39, 0.29) is 11.3 Å². The SMILES string of the molecule is C=C1C[C@](C)(c2cccc(Nc3ccc(C#N)nc3)c2C)CC(=O)C1C1CCOCC1. The maximum Gasteiger partial charge on any atom is 0.141 e. The Labute approximate surface area is 184 Å². The highest BCUT2D eigenvalue weighted by molar-refractivity contribution is 5.87. The molecule has 2 heterocycles. The number of benzene rings is 1. The molecule has 4 rings (SSSR count). The highest BCUT2D eigenvalue weighted by Gasteiger charge is 2.43. The first kappa shape index (κ1) is 21.3. The van der Waals surface area contributed by atoms with Crippen LogP contribution in [0.25, 0.3) is 0 Å².